The largest absolute Gasteiger partial charge is 0.508 e. The van der Waals surface area contributed by atoms with Crippen molar-refractivity contribution >= 4 is 12.2 Å². The second kappa shape index (κ2) is 6.28. The zero-order valence-corrected chi connectivity index (χ0v) is 12.3. The number of hydrogen-bond donors (Lipinski definition) is 3. The minimum atomic E-state index is 0.0314. The van der Waals surface area contributed by atoms with Gasteiger partial charge in [-0.25, -0.2) is 0 Å². The Morgan fingerprint density at radius 3 is 1.83 bits per heavy atom. The molecule has 0 fully saturated rings. The van der Waals surface area contributed by atoms with Crippen LogP contribution in [0.4, 0.5) is 0 Å². The van der Waals surface area contributed by atoms with Crippen molar-refractivity contribution in [1.29, 1.82) is 0 Å². The Kier molecular flexibility index (Phi) is 4.02. The summed E-state index contributed by atoms with van der Waals surface area (Å²) in [6.07, 6.45) is 3.73. The van der Waals surface area contributed by atoms with Crippen molar-refractivity contribution in [2.45, 2.75) is 0 Å². The van der Waals surface area contributed by atoms with E-state index in [9.17, 15) is 15.3 Å². The summed E-state index contributed by atoms with van der Waals surface area (Å²) in [5.74, 6) is 0.308. The smallest absolute Gasteiger partial charge is 0.119 e. The van der Waals surface area contributed by atoms with E-state index in [4.69, 9.17) is 0 Å². The van der Waals surface area contributed by atoms with Crippen LogP contribution in [0.25, 0.3) is 23.3 Å². The average Bonchev–Trinajstić information content (AvgIpc) is 2.52. The normalized spacial score (nSPS) is 11.0. The van der Waals surface area contributed by atoms with Crippen molar-refractivity contribution in [3.63, 3.8) is 0 Å². The molecule has 3 aromatic carbocycles. The molecule has 0 aliphatic heterocycles. The van der Waals surface area contributed by atoms with Crippen molar-refractivity contribution < 1.29 is 15.3 Å². The van der Waals surface area contributed by atoms with E-state index in [-0.39, 0.29) is 17.2 Å². The lowest BCUT2D eigenvalue weighted by Crippen LogP contribution is -1.79. The average molecular weight is 304 g/mol. The molecule has 0 heterocycles. The first-order chi connectivity index (χ1) is 11.1. The van der Waals surface area contributed by atoms with Gasteiger partial charge in [-0.05, 0) is 46.5 Å². The molecule has 0 bridgehead atoms. The summed E-state index contributed by atoms with van der Waals surface area (Å²) < 4.78 is 0. The Bertz CT molecular complexity index is 829. The molecular formula is C20H16O3. The maximum Gasteiger partial charge on any atom is 0.119 e. The highest BCUT2D eigenvalue weighted by molar-refractivity contribution is 5.73. The molecule has 0 aliphatic rings. The van der Waals surface area contributed by atoms with Gasteiger partial charge in [-0.1, -0.05) is 48.6 Å². The molecule has 0 amide bonds. The monoisotopic (exact) mass is 304 g/mol. The van der Waals surface area contributed by atoms with Crippen LogP contribution in [-0.4, -0.2) is 15.3 Å². The molecule has 0 saturated heterocycles. The molecule has 0 spiro atoms. The van der Waals surface area contributed by atoms with Crippen molar-refractivity contribution in [3.05, 3.63) is 77.9 Å². The summed E-state index contributed by atoms with van der Waals surface area (Å²) >= 11 is 0. The predicted octanol–water partition coefficient (Wildman–Crippen LogP) is 4.64. The molecule has 3 aromatic rings. The number of rotatable bonds is 3. The zero-order chi connectivity index (χ0) is 16.2. The Hall–Kier alpha value is -3.20. The summed E-state index contributed by atoms with van der Waals surface area (Å²) in [6.45, 7) is 0. The molecule has 3 N–H and O–H groups in total. The minimum absolute atomic E-state index is 0.0314. The van der Waals surface area contributed by atoms with Crippen LogP contribution in [-0.2, 0) is 0 Å². The van der Waals surface area contributed by atoms with Gasteiger partial charge in [0.1, 0.15) is 17.2 Å². The van der Waals surface area contributed by atoms with Crippen LogP contribution in [0.2, 0.25) is 0 Å². The summed E-state index contributed by atoms with van der Waals surface area (Å²) in [5, 5.41) is 28.5. The molecule has 23 heavy (non-hydrogen) atoms. The molecule has 0 aromatic heterocycles. The highest BCUT2D eigenvalue weighted by Gasteiger charge is 1.99. The molecule has 3 rings (SSSR count). The maximum atomic E-state index is 9.53. The van der Waals surface area contributed by atoms with Crippen LogP contribution in [0, 0.1) is 0 Å². The Morgan fingerprint density at radius 2 is 1.17 bits per heavy atom. The highest BCUT2D eigenvalue weighted by atomic mass is 16.3. The van der Waals surface area contributed by atoms with Gasteiger partial charge in [0.2, 0.25) is 0 Å². The summed E-state index contributed by atoms with van der Waals surface area (Å²) in [5.41, 5.74) is 3.70. The third-order valence-corrected chi connectivity index (χ3v) is 3.48. The minimum Gasteiger partial charge on any atom is -0.508 e. The SMILES string of the molecule is Oc1cc(O)cc(/C=C/c2ccc(-c3cccc(O)c3)cc2)c1. The quantitative estimate of drug-likeness (QED) is 0.618. The lowest BCUT2D eigenvalue weighted by atomic mass is 10.0. The molecule has 3 heteroatoms. The molecule has 0 radical (unpaired) electrons. The van der Waals surface area contributed by atoms with Crippen LogP contribution < -0.4 is 0 Å². The van der Waals surface area contributed by atoms with Crippen LogP contribution in [0.3, 0.4) is 0 Å². The fourth-order valence-corrected chi connectivity index (χ4v) is 2.38. The van der Waals surface area contributed by atoms with E-state index in [0.29, 0.717) is 0 Å². The number of benzene rings is 3. The van der Waals surface area contributed by atoms with Gasteiger partial charge in [-0.15, -0.1) is 0 Å². The lowest BCUT2D eigenvalue weighted by Gasteiger charge is -2.03. The first-order valence-electron chi connectivity index (χ1n) is 7.21. The summed E-state index contributed by atoms with van der Waals surface area (Å²) in [7, 11) is 0. The van der Waals surface area contributed by atoms with Gasteiger partial charge in [0.15, 0.2) is 0 Å². The van der Waals surface area contributed by atoms with Crippen molar-refractivity contribution in [3.8, 4) is 28.4 Å². The Morgan fingerprint density at radius 1 is 0.522 bits per heavy atom. The topological polar surface area (TPSA) is 60.7 Å². The van der Waals surface area contributed by atoms with Crippen LogP contribution in [0.15, 0.2) is 66.7 Å². The van der Waals surface area contributed by atoms with E-state index >= 15 is 0 Å². The van der Waals surface area contributed by atoms with Gasteiger partial charge < -0.3 is 15.3 Å². The molecule has 3 nitrogen and oxygen atoms in total. The van der Waals surface area contributed by atoms with Gasteiger partial charge >= 0.3 is 0 Å². The van der Waals surface area contributed by atoms with Gasteiger partial charge in [0, 0.05) is 6.07 Å². The van der Waals surface area contributed by atoms with E-state index < -0.39 is 0 Å². The van der Waals surface area contributed by atoms with Crippen molar-refractivity contribution in [1.82, 2.24) is 0 Å². The standard InChI is InChI=1S/C20H16O3/c21-18-3-1-2-17(12-18)16-8-6-14(7-9-16)4-5-15-10-19(22)13-20(23)11-15/h1-13,21-23H/b5-4+. The second-order valence-electron chi connectivity index (χ2n) is 5.29. The lowest BCUT2D eigenvalue weighted by molar-refractivity contribution is 0.450. The third-order valence-electron chi connectivity index (χ3n) is 3.48. The number of phenols is 3. The van der Waals surface area contributed by atoms with E-state index in [1.54, 1.807) is 24.3 Å². The van der Waals surface area contributed by atoms with E-state index in [2.05, 4.69) is 0 Å². The fraction of sp³-hybridized carbons (Fsp3) is 0. The van der Waals surface area contributed by atoms with E-state index in [1.807, 2.05) is 48.6 Å². The number of aromatic hydroxyl groups is 3. The van der Waals surface area contributed by atoms with Gasteiger partial charge in [0.05, 0.1) is 0 Å². The first-order valence-corrected chi connectivity index (χ1v) is 7.21. The number of phenolic OH excluding ortho intramolecular Hbond substituents is 3. The molecule has 0 unspecified atom stereocenters. The van der Waals surface area contributed by atoms with Crippen LogP contribution in [0.1, 0.15) is 11.1 Å². The van der Waals surface area contributed by atoms with Gasteiger partial charge in [0.25, 0.3) is 0 Å². The Labute approximate surface area is 134 Å². The summed E-state index contributed by atoms with van der Waals surface area (Å²) in [4.78, 5) is 0. The Balaban J connectivity index is 1.81. The van der Waals surface area contributed by atoms with Gasteiger partial charge in [-0.3, -0.25) is 0 Å². The maximum absolute atomic E-state index is 9.53. The third kappa shape index (κ3) is 3.71. The van der Waals surface area contributed by atoms with Crippen molar-refractivity contribution in [2.24, 2.45) is 0 Å². The predicted molar refractivity (Wildman–Crippen MR) is 92.2 cm³/mol. The molecular weight excluding hydrogens is 288 g/mol. The molecule has 0 atom stereocenters. The second-order valence-corrected chi connectivity index (χ2v) is 5.29. The molecule has 0 saturated carbocycles. The zero-order valence-electron chi connectivity index (χ0n) is 12.3. The summed E-state index contributed by atoms with van der Waals surface area (Å²) in [6, 6.07) is 19.5. The molecule has 0 aliphatic carbocycles. The number of hydrogen-bond acceptors (Lipinski definition) is 3. The van der Waals surface area contributed by atoms with E-state index in [0.717, 1.165) is 22.3 Å². The van der Waals surface area contributed by atoms with Crippen LogP contribution >= 0.6 is 0 Å². The highest BCUT2D eigenvalue weighted by Crippen LogP contribution is 2.25. The first kappa shape index (κ1) is 14.7. The van der Waals surface area contributed by atoms with Crippen LogP contribution in [0.5, 0.6) is 17.2 Å². The fourth-order valence-electron chi connectivity index (χ4n) is 2.38. The van der Waals surface area contributed by atoms with Gasteiger partial charge in [-0.2, -0.15) is 0 Å². The molecule has 114 valence electrons. The van der Waals surface area contributed by atoms with Crippen molar-refractivity contribution in [2.75, 3.05) is 0 Å². The van der Waals surface area contributed by atoms with E-state index in [1.165, 1.54) is 6.07 Å².